The fourth-order valence-corrected chi connectivity index (χ4v) is 2.87. The maximum atomic E-state index is 12.1. The van der Waals surface area contributed by atoms with Gasteiger partial charge in [-0.2, -0.15) is 0 Å². The van der Waals surface area contributed by atoms with Crippen LogP contribution in [0.2, 0.25) is 0 Å². The Balaban J connectivity index is 1.85. The fourth-order valence-electron chi connectivity index (χ4n) is 2.87. The van der Waals surface area contributed by atoms with Gasteiger partial charge < -0.3 is 14.4 Å². The van der Waals surface area contributed by atoms with Crippen molar-refractivity contribution < 1.29 is 19.1 Å². The van der Waals surface area contributed by atoms with E-state index in [1.165, 1.54) is 7.11 Å². The minimum atomic E-state index is -0.348. The Morgan fingerprint density at radius 2 is 1.95 bits per heavy atom. The highest BCUT2D eigenvalue weighted by molar-refractivity contribution is 5.73. The Bertz CT molecular complexity index is 503. The summed E-state index contributed by atoms with van der Waals surface area (Å²) in [4.78, 5) is 25.4. The lowest BCUT2D eigenvalue weighted by atomic mass is 9.85. The Morgan fingerprint density at radius 3 is 2.64 bits per heavy atom. The van der Waals surface area contributed by atoms with Crippen molar-refractivity contribution in [2.75, 3.05) is 14.2 Å². The topological polar surface area (TPSA) is 55.8 Å². The van der Waals surface area contributed by atoms with E-state index in [0.29, 0.717) is 6.42 Å². The van der Waals surface area contributed by atoms with Crippen LogP contribution >= 0.6 is 0 Å². The van der Waals surface area contributed by atoms with Gasteiger partial charge in [0.1, 0.15) is 6.61 Å². The zero-order valence-electron chi connectivity index (χ0n) is 13.2. The van der Waals surface area contributed by atoms with E-state index in [4.69, 9.17) is 9.47 Å². The molecule has 22 heavy (non-hydrogen) atoms. The third-order valence-corrected chi connectivity index (χ3v) is 4.22. The van der Waals surface area contributed by atoms with Crippen molar-refractivity contribution in [3.63, 3.8) is 0 Å². The first-order valence-corrected chi connectivity index (χ1v) is 7.63. The summed E-state index contributed by atoms with van der Waals surface area (Å²) in [6.45, 7) is 0.261. The smallest absolute Gasteiger partial charge is 0.410 e. The Kier molecular flexibility index (Phi) is 5.81. The molecule has 5 nitrogen and oxygen atoms in total. The molecular weight excluding hydrogens is 282 g/mol. The third kappa shape index (κ3) is 4.23. The third-order valence-electron chi connectivity index (χ3n) is 4.22. The SMILES string of the molecule is COC(=O)[C@H]1CCC[C@@H](N(C)C(=O)OCc2ccccc2)C1. The average Bonchev–Trinajstić information content (AvgIpc) is 2.59. The number of hydrogen-bond acceptors (Lipinski definition) is 4. The maximum absolute atomic E-state index is 12.1. The summed E-state index contributed by atoms with van der Waals surface area (Å²) in [7, 11) is 3.14. The van der Waals surface area contributed by atoms with Crippen molar-refractivity contribution >= 4 is 12.1 Å². The first-order chi connectivity index (χ1) is 10.6. The van der Waals surface area contributed by atoms with Crippen LogP contribution in [0.15, 0.2) is 30.3 Å². The molecule has 0 N–H and O–H groups in total. The van der Waals surface area contributed by atoms with Gasteiger partial charge in [-0.05, 0) is 24.8 Å². The lowest BCUT2D eigenvalue weighted by Gasteiger charge is -2.33. The second-order valence-electron chi connectivity index (χ2n) is 5.69. The highest BCUT2D eigenvalue weighted by Gasteiger charge is 2.32. The van der Waals surface area contributed by atoms with Crippen LogP contribution < -0.4 is 0 Å². The molecule has 0 radical (unpaired) electrons. The van der Waals surface area contributed by atoms with E-state index in [2.05, 4.69) is 0 Å². The molecule has 1 aromatic rings. The molecule has 1 fully saturated rings. The number of benzene rings is 1. The van der Waals surface area contributed by atoms with Gasteiger partial charge in [0.2, 0.25) is 0 Å². The van der Waals surface area contributed by atoms with Gasteiger partial charge in [0.25, 0.3) is 0 Å². The summed E-state index contributed by atoms with van der Waals surface area (Å²) in [5, 5.41) is 0. The van der Waals surface area contributed by atoms with Gasteiger partial charge >= 0.3 is 12.1 Å². The number of amides is 1. The molecule has 0 spiro atoms. The van der Waals surface area contributed by atoms with E-state index in [1.54, 1.807) is 11.9 Å². The van der Waals surface area contributed by atoms with Crippen molar-refractivity contribution in [1.82, 2.24) is 4.90 Å². The second-order valence-corrected chi connectivity index (χ2v) is 5.69. The van der Waals surface area contributed by atoms with Crippen LogP contribution in [0, 0.1) is 5.92 Å². The number of ether oxygens (including phenoxy) is 2. The molecule has 0 unspecified atom stereocenters. The van der Waals surface area contributed by atoms with Crippen molar-refractivity contribution in [3.8, 4) is 0 Å². The fraction of sp³-hybridized carbons (Fsp3) is 0.529. The van der Waals surface area contributed by atoms with Crippen LogP contribution in [0.5, 0.6) is 0 Å². The lowest BCUT2D eigenvalue weighted by molar-refractivity contribution is -0.147. The lowest BCUT2D eigenvalue weighted by Crippen LogP contribution is -2.41. The molecule has 1 aliphatic rings. The number of rotatable bonds is 4. The summed E-state index contributed by atoms with van der Waals surface area (Å²) in [5.41, 5.74) is 0.959. The van der Waals surface area contributed by atoms with Gasteiger partial charge in [-0.15, -0.1) is 0 Å². The molecule has 0 aromatic heterocycles. The van der Waals surface area contributed by atoms with E-state index in [9.17, 15) is 9.59 Å². The molecule has 1 aliphatic carbocycles. The minimum Gasteiger partial charge on any atom is -0.469 e. The molecule has 0 saturated heterocycles. The van der Waals surface area contributed by atoms with Crippen molar-refractivity contribution in [2.24, 2.45) is 5.92 Å². The highest BCUT2D eigenvalue weighted by atomic mass is 16.6. The molecule has 5 heteroatoms. The molecule has 1 amide bonds. The van der Waals surface area contributed by atoms with Crippen LogP contribution in [0.3, 0.4) is 0 Å². The number of hydrogen-bond donors (Lipinski definition) is 0. The Morgan fingerprint density at radius 1 is 1.23 bits per heavy atom. The second kappa shape index (κ2) is 7.82. The van der Waals surface area contributed by atoms with Gasteiger partial charge in [0.05, 0.1) is 13.0 Å². The monoisotopic (exact) mass is 305 g/mol. The van der Waals surface area contributed by atoms with Gasteiger partial charge in [-0.3, -0.25) is 4.79 Å². The standard InChI is InChI=1S/C17H23NO4/c1-18(15-10-6-9-14(11-15)16(19)21-2)17(20)22-12-13-7-4-3-5-8-13/h3-5,7-8,14-15H,6,9-12H2,1-2H3/t14-,15+/m0/s1. The molecule has 2 atom stereocenters. The number of carbonyl (C=O) groups excluding carboxylic acids is 2. The normalized spacial score (nSPS) is 21.0. The van der Waals surface area contributed by atoms with Crippen molar-refractivity contribution in [1.29, 1.82) is 0 Å². The molecule has 0 aliphatic heterocycles. The summed E-state index contributed by atoms with van der Waals surface area (Å²) in [5.74, 6) is -0.302. The number of methoxy groups -OCH3 is 1. The molecule has 1 saturated carbocycles. The Labute approximate surface area is 131 Å². The Hall–Kier alpha value is -2.04. The quantitative estimate of drug-likeness (QED) is 0.802. The van der Waals surface area contributed by atoms with E-state index < -0.39 is 0 Å². The van der Waals surface area contributed by atoms with Crippen LogP contribution in [0.1, 0.15) is 31.2 Å². The number of esters is 1. The predicted octanol–water partition coefficient (Wildman–Crippen LogP) is 2.99. The van der Waals surface area contributed by atoms with Gasteiger partial charge in [0, 0.05) is 13.1 Å². The zero-order chi connectivity index (χ0) is 15.9. The number of carbonyl (C=O) groups is 2. The zero-order valence-corrected chi connectivity index (χ0v) is 13.2. The van der Waals surface area contributed by atoms with Crippen molar-refractivity contribution in [3.05, 3.63) is 35.9 Å². The molecule has 0 heterocycles. The molecule has 0 bridgehead atoms. The van der Waals surface area contributed by atoms with Gasteiger partial charge in [-0.25, -0.2) is 4.79 Å². The van der Waals surface area contributed by atoms with Crippen LogP contribution in [-0.2, 0) is 20.9 Å². The minimum absolute atomic E-state index is 0.0288. The molecule has 120 valence electrons. The molecule has 1 aromatic carbocycles. The maximum Gasteiger partial charge on any atom is 0.410 e. The van der Waals surface area contributed by atoms with Crippen LogP contribution in [0.4, 0.5) is 4.79 Å². The summed E-state index contributed by atoms with van der Waals surface area (Å²) in [6, 6.07) is 9.61. The van der Waals surface area contributed by atoms with E-state index in [1.807, 2.05) is 30.3 Å². The van der Waals surface area contributed by atoms with E-state index in [-0.39, 0.29) is 30.6 Å². The van der Waals surface area contributed by atoms with Crippen LogP contribution in [0.25, 0.3) is 0 Å². The molecule has 2 rings (SSSR count). The molecular formula is C17H23NO4. The van der Waals surface area contributed by atoms with E-state index >= 15 is 0 Å². The van der Waals surface area contributed by atoms with E-state index in [0.717, 1.165) is 24.8 Å². The summed E-state index contributed by atoms with van der Waals surface area (Å²) in [6.07, 6.45) is 2.93. The van der Waals surface area contributed by atoms with Gasteiger partial charge in [-0.1, -0.05) is 36.8 Å². The predicted molar refractivity (Wildman–Crippen MR) is 82.2 cm³/mol. The first-order valence-electron chi connectivity index (χ1n) is 7.63. The first kappa shape index (κ1) is 16.3. The van der Waals surface area contributed by atoms with Crippen LogP contribution in [-0.4, -0.2) is 37.2 Å². The van der Waals surface area contributed by atoms with Gasteiger partial charge in [0.15, 0.2) is 0 Å². The summed E-state index contributed by atoms with van der Waals surface area (Å²) >= 11 is 0. The average molecular weight is 305 g/mol. The largest absolute Gasteiger partial charge is 0.469 e. The summed E-state index contributed by atoms with van der Waals surface area (Å²) < 4.78 is 10.1. The number of nitrogens with zero attached hydrogens (tertiary/aromatic N) is 1. The van der Waals surface area contributed by atoms with Crippen molar-refractivity contribution in [2.45, 2.75) is 38.3 Å². The highest BCUT2D eigenvalue weighted by Crippen LogP contribution is 2.28.